The minimum atomic E-state index is -0.294. The van der Waals surface area contributed by atoms with Crippen LogP contribution in [-0.4, -0.2) is 25.2 Å². The van der Waals surface area contributed by atoms with Crippen LogP contribution in [0.4, 0.5) is 0 Å². The molecule has 4 aromatic rings. The van der Waals surface area contributed by atoms with Gasteiger partial charge in [-0.2, -0.15) is 0 Å². The van der Waals surface area contributed by atoms with Crippen LogP contribution in [0.25, 0.3) is 21.9 Å². The second-order valence-electron chi connectivity index (χ2n) is 8.35. The van der Waals surface area contributed by atoms with Crippen molar-refractivity contribution in [3.63, 3.8) is 0 Å². The van der Waals surface area contributed by atoms with Gasteiger partial charge >= 0.3 is 5.69 Å². The van der Waals surface area contributed by atoms with E-state index in [9.17, 15) is 9.59 Å². The predicted octanol–water partition coefficient (Wildman–Crippen LogP) is 5.68. The van der Waals surface area contributed by atoms with Crippen LogP contribution in [0.15, 0.2) is 46.2 Å². The van der Waals surface area contributed by atoms with Crippen molar-refractivity contribution < 1.29 is 4.79 Å². The van der Waals surface area contributed by atoms with E-state index in [1.165, 1.54) is 22.9 Å². The number of aryl methyl sites for hydroxylation is 5. The van der Waals surface area contributed by atoms with Crippen molar-refractivity contribution in [3.8, 4) is 0 Å². The van der Waals surface area contributed by atoms with Crippen molar-refractivity contribution in [1.82, 2.24) is 14.1 Å². The lowest BCUT2D eigenvalue weighted by molar-refractivity contribution is 0.0994. The molecule has 0 N–H and O–H groups in total. The van der Waals surface area contributed by atoms with Crippen molar-refractivity contribution in [2.75, 3.05) is 0 Å². The molecule has 0 aliphatic rings. The molecule has 2 aromatic carbocycles. The van der Waals surface area contributed by atoms with Crippen molar-refractivity contribution in [2.24, 2.45) is 0 Å². The molecular weight excluding hydrogens is 418 g/mol. The number of ketones is 1. The number of fused-ring (bicyclic) bond motifs is 2. The Labute approximate surface area is 192 Å². The monoisotopic (exact) mass is 447 g/mol. The van der Waals surface area contributed by atoms with Crippen molar-refractivity contribution in [1.29, 1.82) is 0 Å². The highest BCUT2D eigenvalue weighted by atomic mass is 32.2. The van der Waals surface area contributed by atoms with Crippen LogP contribution in [0.5, 0.6) is 0 Å². The molecule has 0 saturated heterocycles. The minimum Gasteiger partial charge on any atom is -0.293 e. The Morgan fingerprint density at radius 2 is 1.66 bits per heavy atom. The quantitative estimate of drug-likeness (QED) is 0.282. The third-order valence-electron chi connectivity index (χ3n) is 6.03. The van der Waals surface area contributed by atoms with E-state index in [-0.39, 0.29) is 16.7 Å². The second-order valence-corrected chi connectivity index (χ2v) is 9.72. The molecule has 0 amide bonds. The third-order valence-corrected chi connectivity index (χ3v) is 7.05. The first-order chi connectivity index (χ1) is 15.2. The highest BCUT2D eigenvalue weighted by molar-refractivity contribution is 8.00. The molecule has 1 unspecified atom stereocenters. The molecule has 1 atom stereocenters. The molecule has 2 heterocycles. The molecule has 0 aliphatic heterocycles. The Hall–Kier alpha value is -2.86. The van der Waals surface area contributed by atoms with Crippen LogP contribution in [0.3, 0.4) is 0 Å². The predicted molar refractivity (Wildman–Crippen MR) is 133 cm³/mol. The lowest BCUT2D eigenvalue weighted by atomic mass is 10.0. The molecule has 0 saturated carbocycles. The number of benzene rings is 2. The number of hydrogen-bond acceptors (Lipinski definition) is 4. The number of carbonyl (C=O) groups is 1. The minimum absolute atomic E-state index is 0.0292. The average Bonchev–Trinajstić information content (AvgIpc) is 3.03. The Morgan fingerprint density at radius 1 is 0.969 bits per heavy atom. The van der Waals surface area contributed by atoms with E-state index in [1.54, 1.807) is 9.13 Å². The van der Waals surface area contributed by atoms with Gasteiger partial charge < -0.3 is 0 Å². The van der Waals surface area contributed by atoms with Gasteiger partial charge in [0.2, 0.25) is 0 Å². The average molecular weight is 448 g/mol. The zero-order valence-electron chi connectivity index (χ0n) is 19.5. The van der Waals surface area contributed by atoms with E-state index in [1.807, 2.05) is 39.0 Å². The van der Waals surface area contributed by atoms with Crippen LogP contribution < -0.4 is 5.69 Å². The zero-order valence-corrected chi connectivity index (χ0v) is 20.3. The molecule has 0 bridgehead atoms. The van der Waals surface area contributed by atoms with E-state index in [0.29, 0.717) is 18.7 Å². The standard InChI is InChI=1S/C26H29N3O2S/c1-7-28-21-10-9-19(14-22(21)29(8-2)26(28)31)25(30)18(6)32-23-13-16(4)20-12-15(3)11-17(5)24(20)27-23/h9-14,18H,7-8H2,1-6H3. The Kier molecular flexibility index (Phi) is 5.99. The van der Waals surface area contributed by atoms with Gasteiger partial charge in [0.15, 0.2) is 5.78 Å². The van der Waals surface area contributed by atoms with Gasteiger partial charge in [-0.25, -0.2) is 9.78 Å². The van der Waals surface area contributed by atoms with Crippen molar-refractivity contribution >= 4 is 39.5 Å². The molecule has 0 radical (unpaired) electrons. The summed E-state index contributed by atoms with van der Waals surface area (Å²) in [4.78, 5) is 30.8. The maximum atomic E-state index is 13.3. The maximum absolute atomic E-state index is 13.3. The molecule has 0 spiro atoms. The van der Waals surface area contributed by atoms with Crippen LogP contribution >= 0.6 is 11.8 Å². The molecule has 6 heteroatoms. The highest BCUT2D eigenvalue weighted by Gasteiger charge is 2.20. The largest absolute Gasteiger partial charge is 0.329 e. The number of rotatable bonds is 6. The lowest BCUT2D eigenvalue weighted by Gasteiger charge is -2.13. The molecular formula is C26H29N3O2S. The molecule has 32 heavy (non-hydrogen) atoms. The van der Waals surface area contributed by atoms with Crippen LogP contribution in [0.2, 0.25) is 0 Å². The van der Waals surface area contributed by atoms with Gasteiger partial charge in [0.05, 0.1) is 26.8 Å². The van der Waals surface area contributed by atoms with Crippen LogP contribution in [0.1, 0.15) is 47.8 Å². The smallest absolute Gasteiger partial charge is 0.293 e. The van der Waals surface area contributed by atoms with Gasteiger partial charge in [0.1, 0.15) is 0 Å². The van der Waals surface area contributed by atoms with E-state index in [0.717, 1.165) is 32.5 Å². The van der Waals surface area contributed by atoms with E-state index in [4.69, 9.17) is 4.98 Å². The maximum Gasteiger partial charge on any atom is 0.329 e. The highest BCUT2D eigenvalue weighted by Crippen LogP contribution is 2.30. The summed E-state index contributed by atoms with van der Waals surface area (Å²) in [5, 5.41) is 1.72. The molecule has 166 valence electrons. The fourth-order valence-corrected chi connectivity index (χ4v) is 5.42. The summed E-state index contributed by atoms with van der Waals surface area (Å²) in [5.74, 6) is 0.0384. The Bertz CT molecular complexity index is 1410. The number of imidazole rings is 1. The fraction of sp³-hybridized carbons (Fsp3) is 0.346. The number of Topliss-reactive ketones (excluding diaryl/α,β-unsaturated/α-hetero) is 1. The van der Waals surface area contributed by atoms with Crippen molar-refractivity contribution in [3.05, 3.63) is 69.1 Å². The van der Waals surface area contributed by atoms with Crippen LogP contribution in [0, 0.1) is 20.8 Å². The molecule has 0 aliphatic carbocycles. The number of thioether (sulfide) groups is 1. The summed E-state index contributed by atoms with van der Waals surface area (Å²) in [6.07, 6.45) is 0. The Balaban J connectivity index is 1.67. The molecule has 0 fully saturated rings. The van der Waals surface area contributed by atoms with Gasteiger partial charge in [-0.3, -0.25) is 13.9 Å². The van der Waals surface area contributed by atoms with E-state index >= 15 is 0 Å². The molecule has 5 nitrogen and oxygen atoms in total. The number of aromatic nitrogens is 3. The SMILES string of the molecule is CCn1c(=O)n(CC)c2cc(C(=O)C(C)Sc3cc(C)c4cc(C)cc(C)c4n3)ccc21. The van der Waals surface area contributed by atoms with Gasteiger partial charge in [0, 0.05) is 24.0 Å². The van der Waals surface area contributed by atoms with Gasteiger partial charge in [-0.15, -0.1) is 0 Å². The first kappa shape index (κ1) is 22.3. The number of pyridine rings is 1. The summed E-state index contributed by atoms with van der Waals surface area (Å²) >= 11 is 1.48. The third kappa shape index (κ3) is 3.77. The van der Waals surface area contributed by atoms with Gasteiger partial charge in [-0.1, -0.05) is 23.4 Å². The topological polar surface area (TPSA) is 56.9 Å². The summed E-state index contributed by atoms with van der Waals surface area (Å²) in [6, 6.07) is 12.0. The Morgan fingerprint density at radius 3 is 2.34 bits per heavy atom. The first-order valence-corrected chi connectivity index (χ1v) is 12.0. The van der Waals surface area contributed by atoms with E-state index < -0.39 is 0 Å². The summed E-state index contributed by atoms with van der Waals surface area (Å²) in [7, 11) is 0. The second kappa shape index (κ2) is 8.58. The van der Waals surface area contributed by atoms with Crippen LogP contribution in [-0.2, 0) is 13.1 Å². The first-order valence-electron chi connectivity index (χ1n) is 11.1. The summed E-state index contributed by atoms with van der Waals surface area (Å²) in [5.41, 5.74) is 6.80. The lowest BCUT2D eigenvalue weighted by Crippen LogP contribution is -2.23. The molecule has 2 aromatic heterocycles. The zero-order chi connectivity index (χ0) is 23.2. The number of hydrogen-bond donors (Lipinski definition) is 0. The normalized spacial score (nSPS) is 12.6. The number of nitrogens with zero attached hydrogens (tertiary/aromatic N) is 3. The van der Waals surface area contributed by atoms with Gasteiger partial charge in [0.25, 0.3) is 0 Å². The van der Waals surface area contributed by atoms with Crippen molar-refractivity contribution in [2.45, 2.75) is 64.9 Å². The molecule has 4 rings (SSSR count). The van der Waals surface area contributed by atoms with Gasteiger partial charge in [-0.05, 0) is 83.0 Å². The fourth-order valence-electron chi connectivity index (χ4n) is 4.43. The summed E-state index contributed by atoms with van der Waals surface area (Å²) < 4.78 is 3.48. The number of carbonyl (C=O) groups excluding carboxylic acids is 1. The van der Waals surface area contributed by atoms with E-state index in [2.05, 4.69) is 39.0 Å². The summed E-state index contributed by atoms with van der Waals surface area (Å²) in [6.45, 7) is 13.3.